The minimum absolute atomic E-state index is 0.0970. The van der Waals surface area contributed by atoms with E-state index in [1.165, 1.54) is 18.3 Å². The molecule has 1 N–H and O–H groups in total. The zero-order valence-corrected chi connectivity index (χ0v) is 22.5. The first-order chi connectivity index (χ1) is 18.5. The second-order valence-electron chi connectivity index (χ2n) is 10.2. The van der Waals surface area contributed by atoms with Crippen LogP contribution in [0.15, 0.2) is 35.7 Å². The third-order valence-corrected chi connectivity index (χ3v) is 8.72. The van der Waals surface area contributed by atoms with Gasteiger partial charge in [-0.1, -0.05) is 24.3 Å². The van der Waals surface area contributed by atoms with Gasteiger partial charge in [-0.25, -0.2) is 4.98 Å². The number of alkyl halides is 3. The summed E-state index contributed by atoms with van der Waals surface area (Å²) in [6.07, 6.45) is -2.51. The molecular formula is C27H30F3N5O3S. The van der Waals surface area contributed by atoms with Gasteiger partial charge < -0.3 is 14.9 Å². The van der Waals surface area contributed by atoms with Gasteiger partial charge in [0.2, 0.25) is 5.91 Å². The van der Waals surface area contributed by atoms with E-state index in [0.29, 0.717) is 44.5 Å². The summed E-state index contributed by atoms with van der Waals surface area (Å²) in [6, 6.07) is 8.46. The van der Waals surface area contributed by atoms with Crippen LogP contribution in [-0.4, -0.2) is 61.6 Å². The van der Waals surface area contributed by atoms with Crippen LogP contribution in [0.1, 0.15) is 81.8 Å². The summed E-state index contributed by atoms with van der Waals surface area (Å²) in [6.45, 7) is 2.17. The Kier molecular flexibility index (Phi) is 7.51. The van der Waals surface area contributed by atoms with Gasteiger partial charge in [-0.3, -0.25) is 14.3 Å². The molecule has 1 saturated heterocycles. The van der Waals surface area contributed by atoms with E-state index in [-0.39, 0.29) is 36.0 Å². The van der Waals surface area contributed by atoms with Gasteiger partial charge in [0.1, 0.15) is 12.2 Å². The van der Waals surface area contributed by atoms with Crippen molar-refractivity contribution in [1.82, 2.24) is 24.6 Å². The van der Waals surface area contributed by atoms with Crippen molar-refractivity contribution < 1.29 is 27.9 Å². The largest absolute Gasteiger partial charge is 0.435 e. The molecule has 2 atom stereocenters. The molecule has 12 heteroatoms. The zero-order valence-electron chi connectivity index (χ0n) is 21.7. The fourth-order valence-corrected chi connectivity index (χ4v) is 6.42. The molecule has 0 unspecified atom stereocenters. The van der Waals surface area contributed by atoms with Crippen LogP contribution < -0.4 is 0 Å². The van der Waals surface area contributed by atoms with Crippen molar-refractivity contribution in [2.75, 3.05) is 20.1 Å². The Morgan fingerprint density at radius 3 is 2.49 bits per heavy atom. The molecule has 0 bridgehead atoms. The molecule has 39 heavy (non-hydrogen) atoms. The molecule has 0 radical (unpaired) electrons. The lowest BCUT2D eigenvalue weighted by Crippen LogP contribution is -2.40. The number of nitrogens with zero attached hydrogens (tertiary/aromatic N) is 5. The Hall–Kier alpha value is -3.25. The number of aryl methyl sites for hydroxylation is 1. The number of amides is 2. The second-order valence-corrected chi connectivity index (χ2v) is 11.1. The first kappa shape index (κ1) is 27.3. The maximum Gasteiger partial charge on any atom is 0.435 e. The van der Waals surface area contributed by atoms with E-state index in [1.54, 1.807) is 22.2 Å². The van der Waals surface area contributed by atoms with Crippen molar-refractivity contribution in [1.29, 1.82) is 0 Å². The van der Waals surface area contributed by atoms with Gasteiger partial charge in [0.15, 0.2) is 5.69 Å². The third-order valence-electron chi connectivity index (χ3n) is 7.71. The van der Waals surface area contributed by atoms with Gasteiger partial charge in [0.25, 0.3) is 5.91 Å². The van der Waals surface area contributed by atoms with Crippen molar-refractivity contribution in [2.45, 2.75) is 63.4 Å². The number of benzene rings is 1. The Bertz CT molecular complexity index is 1360. The topological polar surface area (TPSA) is 91.6 Å². The van der Waals surface area contributed by atoms with E-state index in [9.17, 15) is 27.9 Å². The van der Waals surface area contributed by atoms with Gasteiger partial charge in [-0.15, -0.1) is 11.3 Å². The number of aliphatic hydroxyl groups excluding tert-OH is 1. The summed E-state index contributed by atoms with van der Waals surface area (Å²) in [5.41, 5.74) is 1.48. The van der Waals surface area contributed by atoms with E-state index in [4.69, 9.17) is 0 Å². The number of likely N-dealkylation sites (tertiary alicyclic amines) is 1. The van der Waals surface area contributed by atoms with E-state index in [2.05, 4.69) is 10.1 Å². The van der Waals surface area contributed by atoms with E-state index >= 15 is 0 Å². The minimum Gasteiger partial charge on any atom is -0.388 e. The van der Waals surface area contributed by atoms with Crippen molar-refractivity contribution in [2.24, 2.45) is 0 Å². The molecule has 2 amide bonds. The van der Waals surface area contributed by atoms with Gasteiger partial charge in [0.05, 0.1) is 17.2 Å². The molecular weight excluding hydrogens is 531 g/mol. The number of thiazole rings is 1. The van der Waals surface area contributed by atoms with Crippen LogP contribution in [0.4, 0.5) is 13.2 Å². The number of halogens is 3. The summed E-state index contributed by atoms with van der Waals surface area (Å²) in [5, 5.41) is 16.5. The number of hydrogen-bond acceptors (Lipinski definition) is 6. The van der Waals surface area contributed by atoms with Crippen molar-refractivity contribution in [3.8, 4) is 0 Å². The molecule has 2 aromatic heterocycles. The van der Waals surface area contributed by atoms with Gasteiger partial charge >= 0.3 is 6.18 Å². The highest BCUT2D eigenvalue weighted by Crippen LogP contribution is 2.39. The predicted molar refractivity (Wildman–Crippen MR) is 138 cm³/mol. The number of hydrogen-bond donors (Lipinski definition) is 1. The van der Waals surface area contributed by atoms with Crippen molar-refractivity contribution >= 4 is 23.2 Å². The molecule has 3 aromatic rings. The lowest BCUT2D eigenvalue weighted by molar-refractivity contribution is -0.142. The summed E-state index contributed by atoms with van der Waals surface area (Å²) in [4.78, 5) is 34.1. The average molecular weight is 562 g/mol. The summed E-state index contributed by atoms with van der Waals surface area (Å²) in [7, 11) is 1.77. The number of aromatic nitrogens is 3. The maximum absolute atomic E-state index is 13.3. The van der Waals surface area contributed by atoms with E-state index in [0.717, 1.165) is 26.9 Å². The van der Waals surface area contributed by atoms with Crippen LogP contribution in [0.3, 0.4) is 0 Å². The quantitative estimate of drug-likeness (QED) is 0.487. The zero-order chi connectivity index (χ0) is 27.9. The fourth-order valence-electron chi connectivity index (χ4n) is 5.46. The molecule has 0 spiro atoms. The minimum atomic E-state index is -4.55. The molecule has 1 aliphatic heterocycles. The fraction of sp³-hybridized carbons (Fsp3) is 0.481. The van der Waals surface area contributed by atoms with Crippen LogP contribution in [0.25, 0.3) is 0 Å². The van der Waals surface area contributed by atoms with Crippen LogP contribution in [-0.2, 0) is 17.5 Å². The first-order valence-electron chi connectivity index (χ1n) is 12.9. The predicted octanol–water partition coefficient (Wildman–Crippen LogP) is 4.71. The summed E-state index contributed by atoms with van der Waals surface area (Å²) < 4.78 is 39.9. The first-order valence-corrected chi connectivity index (χ1v) is 13.8. The molecule has 8 nitrogen and oxygen atoms in total. The van der Waals surface area contributed by atoms with Gasteiger partial charge in [-0.2, -0.15) is 18.3 Å². The number of carbonyl (C=O) groups is 2. The summed E-state index contributed by atoms with van der Waals surface area (Å²) >= 11 is 1.43. The Morgan fingerprint density at radius 1 is 1.13 bits per heavy atom. The summed E-state index contributed by atoms with van der Waals surface area (Å²) in [5.74, 6) is -0.350. The second kappa shape index (κ2) is 10.7. The number of rotatable bonds is 5. The SMILES string of the molecule is Cc1cc(C(F)(F)F)nn1CC(=O)N1CCC(c2nc(C(=O)N(C)[C@@H]3CC[C@H](O)c4ccccc43)cs2)CC1. The van der Waals surface area contributed by atoms with Crippen molar-refractivity contribution in [3.05, 3.63) is 68.9 Å². The number of fused-ring (bicyclic) bond motifs is 1. The highest BCUT2D eigenvalue weighted by Gasteiger charge is 2.35. The monoisotopic (exact) mass is 561 g/mol. The van der Waals surface area contributed by atoms with Gasteiger partial charge in [0, 0.05) is 37.1 Å². The molecule has 1 aliphatic carbocycles. The smallest absolute Gasteiger partial charge is 0.388 e. The van der Waals surface area contributed by atoms with E-state index in [1.807, 2.05) is 24.3 Å². The number of piperidine rings is 1. The molecule has 5 rings (SSSR count). The molecule has 2 aliphatic rings. The third kappa shape index (κ3) is 5.58. The Morgan fingerprint density at radius 2 is 1.82 bits per heavy atom. The van der Waals surface area contributed by atoms with Crippen molar-refractivity contribution in [3.63, 3.8) is 0 Å². The highest BCUT2D eigenvalue weighted by atomic mass is 32.1. The molecule has 0 saturated carbocycles. The average Bonchev–Trinajstić information content (AvgIpc) is 3.56. The molecule has 208 valence electrons. The highest BCUT2D eigenvalue weighted by molar-refractivity contribution is 7.09. The standard InChI is InChI=1S/C27H30F3N5O3S/c1-16-13-23(27(28,29)30)32-35(16)14-24(37)34-11-9-17(10-12-34)25-31-20(15-39-25)26(38)33(2)21-7-8-22(36)19-6-4-3-5-18(19)21/h3-6,13,15,17,21-22,36H,7-12,14H2,1-2H3/t21-,22+/m1/s1. The molecule has 1 fully saturated rings. The lowest BCUT2D eigenvalue weighted by Gasteiger charge is -2.35. The van der Waals surface area contributed by atoms with Crippen LogP contribution in [0, 0.1) is 6.92 Å². The normalized spacial score (nSPS) is 20.1. The van der Waals surface area contributed by atoms with Gasteiger partial charge in [-0.05, 0) is 49.8 Å². The van der Waals surface area contributed by atoms with Crippen LogP contribution in [0.2, 0.25) is 0 Å². The number of carbonyl (C=O) groups excluding carboxylic acids is 2. The lowest BCUT2D eigenvalue weighted by atomic mass is 9.85. The maximum atomic E-state index is 13.3. The van der Waals surface area contributed by atoms with E-state index < -0.39 is 18.0 Å². The van der Waals surface area contributed by atoms with Crippen LogP contribution >= 0.6 is 11.3 Å². The molecule has 1 aromatic carbocycles. The van der Waals surface area contributed by atoms with Crippen LogP contribution in [0.5, 0.6) is 0 Å². The number of aliphatic hydroxyl groups is 1. The Labute approximate surface area is 228 Å². The Balaban J connectivity index is 1.19. The molecule has 3 heterocycles.